The van der Waals surface area contributed by atoms with Crippen molar-refractivity contribution in [2.45, 2.75) is 12.1 Å². The molecule has 100 valence electrons. The Kier molecular flexibility index (Phi) is 12.3. The molecular weight excluding hydrogens is 255 g/mol. The van der Waals surface area contributed by atoms with Crippen LogP contribution >= 0.6 is 24.8 Å². The number of methoxy groups -OCH3 is 1. The molecule has 0 saturated carbocycles. The lowest BCUT2D eigenvalue weighted by Gasteiger charge is -2.36. The molecule has 0 aromatic rings. The summed E-state index contributed by atoms with van der Waals surface area (Å²) in [5.74, 6) is 0. The van der Waals surface area contributed by atoms with Gasteiger partial charge in [0.05, 0.1) is 19.3 Å². The van der Waals surface area contributed by atoms with E-state index in [2.05, 4.69) is 10.2 Å². The van der Waals surface area contributed by atoms with Crippen molar-refractivity contribution in [2.75, 3.05) is 46.5 Å². The molecule has 0 aromatic heterocycles. The minimum Gasteiger partial charge on any atom is -0.395 e. The summed E-state index contributed by atoms with van der Waals surface area (Å²) in [5.41, 5.74) is 0. The predicted octanol–water partition coefficient (Wildman–Crippen LogP) is -0.897. The van der Waals surface area contributed by atoms with E-state index in [1.54, 1.807) is 7.11 Å². The molecule has 0 spiro atoms. The molecule has 5 nitrogen and oxygen atoms in total. The van der Waals surface area contributed by atoms with Crippen molar-refractivity contribution < 1.29 is 14.9 Å². The Morgan fingerprint density at radius 3 is 2.75 bits per heavy atom. The topological polar surface area (TPSA) is 65.0 Å². The Bertz CT molecular complexity index is 166. The van der Waals surface area contributed by atoms with Crippen LogP contribution < -0.4 is 5.32 Å². The largest absolute Gasteiger partial charge is 0.395 e. The van der Waals surface area contributed by atoms with Gasteiger partial charge in [0.15, 0.2) is 0 Å². The van der Waals surface area contributed by atoms with Crippen molar-refractivity contribution in [3.05, 3.63) is 0 Å². The van der Waals surface area contributed by atoms with Crippen molar-refractivity contribution in [3.63, 3.8) is 0 Å². The molecule has 0 amide bonds. The van der Waals surface area contributed by atoms with E-state index in [1.165, 1.54) is 0 Å². The molecule has 7 heteroatoms. The third-order valence-corrected chi connectivity index (χ3v) is 2.49. The summed E-state index contributed by atoms with van der Waals surface area (Å²) in [6.45, 7) is 3.62. The van der Waals surface area contributed by atoms with E-state index >= 15 is 0 Å². The fraction of sp³-hybridized carbons (Fsp3) is 1.00. The number of aliphatic hydroxyl groups is 2. The predicted molar refractivity (Wildman–Crippen MR) is 67.7 cm³/mol. The van der Waals surface area contributed by atoms with Crippen molar-refractivity contribution in [1.82, 2.24) is 10.2 Å². The van der Waals surface area contributed by atoms with Crippen LogP contribution in [0.1, 0.15) is 0 Å². The number of ether oxygens (including phenoxy) is 1. The number of nitrogens with one attached hydrogen (secondary N) is 1. The number of rotatable bonds is 5. The third-order valence-electron chi connectivity index (χ3n) is 2.49. The van der Waals surface area contributed by atoms with Gasteiger partial charge in [-0.3, -0.25) is 4.90 Å². The van der Waals surface area contributed by atoms with Gasteiger partial charge in [-0.2, -0.15) is 0 Å². The third kappa shape index (κ3) is 6.20. The van der Waals surface area contributed by atoms with Crippen LogP contribution in [-0.2, 0) is 4.74 Å². The maximum Gasteiger partial charge on any atom is 0.0900 e. The molecule has 1 aliphatic rings. The lowest BCUT2D eigenvalue weighted by atomic mass is 10.2. The molecule has 16 heavy (non-hydrogen) atoms. The highest BCUT2D eigenvalue weighted by atomic mass is 35.5. The Morgan fingerprint density at radius 1 is 1.50 bits per heavy atom. The summed E-state index contributed by atoms with van der Waals surface area (Å²) in [7, 11) is 1.57. The summed E-state index contributed by atoms with van der Waals surface area (Å²) in [4.78, 5) is 2.10. The maximum atomic E-state index is 9.55. The molecule has 1 heterocycles. The first kappa shape index (κ1) is 18.7. The number of nitrogens with zero attached hydrogens (tertiary/aromatic N) is 1. The molecular formula is C9H22Cl2N2O3. The van der Waals surface area contributed by atoms with Crippen LogP contribution in [-0.4, -0.2) is 73.8 Å². The number of hydrogen-bond acceptors (Lipinski definition) is 5. The molecule has 1 rings (SSSR count). The van der Waals surface area contributed by atoms with E-state index < -0.39 is 6.10 Å². The Balaban J connectivity index is 0. The lowest BCUT2D eigenvalue weighted by Crippen LogP contribution is -2.55. The zero-order valence-electron chi connectivity index (χ0n) is 9.46. The van der Waals surface area contributed by atoms with E-state index in [4.69, 9.17) is 9.84 Å². The highest BCUT2D eigenvalue weighted by Crippen LogP contribution is 2.03. The molecule has 3 N–H and O–H groups in total. The van der Waals surface area contributed by atoms with E-state index in [-0.39, 0.29) is 37.5 Å². The molecule has 1 saturated heterocycles. The fourth-order valence-electron chi connectivity index (χ4n) is 1.74. The van der Waals surface area contributed by atoms with Gasteiger partial charge in [-0.1, -0.05) is 0 Å². The van der Waals surface area contributed by atoms with Gasteiger partial charge in [-0.25, -0.2) is 0 Å². The Hall–Kier alpha value is 0.380. The molecule has 1 fully saturated rings. The van der Waals surface area contributed by atoms with Gasteiger partial charge in [-0.15, -0.1) is 24.8 Å². The van der Waals surface area contributed by atoms with Gasteiger partial charge >= 0.3 is 0 Å². The molecule has 0 unspecified atom stereocenters. The molecule has 0 aromatic carbocycles. The Labute approximate surface area is 109 Å². The number of halogens is 2. The van der Waals surface area contributed by atoms with Gasteiger partial charge in [0.2, 0.25) is 0 Å². The summed E-state index contributed by atoms with van der Waals surface area (Å²) in [5, 5.41) is 21.9. The van der Waals surface area contributed by atoms with E-state index in [9.17, 15) is 5.11 Å². The number of piperazine rings is 1. The number of hydrogen-bond donors (Lipinski definition) is 3. The normalized spacial score (nSPS) is 23.1. The second-order valence-electron chi connectivity index (χ2n) is 3.64. The van der Waals surface area contributed by atoms with E-state index in [1.807, 2.05) is 0 Å². The van der Waals surface area contributed by atoms with Crippen LogP contribution in [0.5, 0.6) is 0 Å². The van der Waals surface area contributed by atoms with Crippen LogP contribution in [0.3, 0.4) is 0 Å². The molecule has 0 radical (unpaired) electrons. The highest BCUT2D eigenvalue weighted by Gasteiger charge is 2.23. The van der Waals surface area contributed by atoms with Crippen LogP contribution in [0.15, 0.2) is 0 Å². The SMILES string of the molecule is COC[C@@H](O)CN1CCNC[C@H]1CO.Cl.Cl. The first-order chi connectivity index (χ1) is 6.77. The van der Waals surface area contributed by atoms with Gasteiger partial charge in [-0.05, 0) is 0 Å². The zero-order valence-corrected chi connectivity index (χ0v) is 11.1. The molecule has 2 atom stereocenters. The lowest BCUT2D eigenvalue weighted by molar-refractivity contribution is 0.0109. The maximum absolute atomic E-state index is 9.55. The summed E-state index contributed by atoms with van der Waals surface area (Å²) >= 11 is 0. The van der Waals surface area contributed by atoms with Gasteiger partial charge in [0.1, 0.15) is 0 Å². The van der Waals surface area contributed by atoms with E-state index in [0.717, 1.165) is 19.6 Å². The number of aliphatic hydroxyl groups excluding tert-OH is 2. The zero-order chi connectivity index (χ0) is 10.4. The van der Waals surface area contributed by atoms with Gasteiger partial charge in [0, 0.05) is 39.3 Å². The molecule has 0 aliphatic carbocycles. The van der Waals surface area contributed by atoms with Crippen molar-refractivity contribution >= 4 is 24.8 Å². The van der Waals surface area contributed by atoms with Crippen LogP contribution in [0.25, 0.3) is 0 Å². The first-order valence-electron chi connectivity index (χ1n) is 5.00. The van der Waals surface area contributed by atoms with Crippen LogP contribution in [0.4, 0.5) is 0 Å². The quantitative estimate of drug-likeness (QED) is 0.608. The van der Waals surface area contributed by atoms with Crippen LogP contribution in [0.2, 0.25) is 0 Å². The van der Waals surface area contributed by atoms with Crippen molar-refractivity contribution in [2.24, 2.45) is 0 Å². The van der Waals surface area contributed by atoms with E-state index in [0.29, 0.717) is 13.2 Å². The second kappa shape index (κ2) is 10.5. The smallest absolute Gasteiger partial charge is 0.0900 e. The second-order valence-corrected chi connectivity index (χ2v) is 3.64. The average molecular weight is 277 g/mol. The summed E-state index contributed by atoms with van der Waals surface area (Å²) < 4.78 is 4.86. The standard InChI is InChI=1S/C9H20N2O3.2ClH/c1-14-7-9(13)5-11-3-2-10-4-8(11)6-12;;/h8-10,12-13H,2-7H2,1H3;2*1H/t8-,9-;;/m0../s1. The van der Waals surface area contributed by atoms with Crippen LogP contribution in [0, 0.1) is 0 Å². The highest BCUT2D eigenvalue weighted by molar-refractivity contribution is 5.85. The first-order valence-corrected chi connectivity index (χ1v) is 5.00. The minimum atomic E-state index is -0.466. The van der Waals surface area contributed by atoms with Crippen molar-refractivity contribution in [3.8, 4) is 0 Å². The summed E-state index contributed by atoms with van der Waals surface area (Å²) in [6.07, 6.45) is -0.466. The van der Waals surface area contributed by atoms with Gasteiger partial charge < -0.3 is 20.3 Å². The monoisotopic (exact) mass is 276 g/mol. The number of β-amino-alcohol motifs (C(OH)–C–C–N with tert-alkyl or cyclic N) is 1. The minimum absolute atomic E-state index is 0. The fourth-order valence-corrected chi connectivity index (χ4v) is 1.74. The summed E-state index contributed by atoms with van der Waals surface area (Å²) in [6, 6.07) is 0.121. The molecule has 1 aliphatic heterocycles. The average Bonchev–Trinajstić information content (AvgIpc) is 2.19. The van der Waals surface area contributed by atoms with Crippen molar-refractivity contribution in [1.29, 1.82) is 0 Å². The molecule has 0 bridgehead atoms. The van der Waals surface area contributed by atoms with Gasteiger partial charge in [0.25, 0.3) is 0 Å². The Morgan fingerprint density at radius 2 is 2.19 bits per heavy atom.